The predicted molar refractivity (Wildman–Crippen MR) is 44.3 cm³/mol. The highest BCUT2D eigenvalue weighted by atomic mass is 14.6. The fraction of sp³-hybridized carbons (Fsp3) is 0.333. The molecule has 0 aromatic carbocycles. The van der Waals surface area contributed by atoms with Gasteiger partial charge in [-0.1, -0.05) is 25.2 Å². The van der Waals surface area contributed by atoms with Gasteiger partial charge in [0, 0.05) is 11.6 Å². The molecule has 1 heteroatoms. The largest absolute Gasteiger partial charge is 0.402 e. The fourth-order valence-electron chi connectivity index (χ4n) is 0.928. The standard InChI is InChI=1S/C9H13N/c1-7-4-3-5-8(2)9(10)6-7/h3-6,8H,10H2,1-2H3. The van der Waals surface area contributed by atoms with E-state index in [0.717, 1.165) is 5.70 Å². The van der Waals surface area contributed by atoms with Crippen LogP contribution in [0.2, 0.25) is 0 Å². The van der Waals surface area contributed by atoms with Crippen molar-refractivity contribution in [2.45, 2.75) is 13.8 Å². The molecule has 0 aromatic rings. The normalized spacial score (nSPS) is 25.2. The molecule has 0 aromatic heterocycles. The first-order valence-electron chi connectivity index (χ1n) is 3.52. The van der Waals surface area contributed by atoms with Gasteiger partial charge in [0.25, 0.3) is 0 Å². The number of nitrogens with two attached hydrogens (primary N) is 1. The van der Waals surface area contributed by atoms with Gasteiger partial charge in [0.15, 0.2) is 0 Å². The van der Waals surface area contributed by atoms with Crippen LogP contribution < -0.4 is 5.73 Å². The first-order valence-corrected chi connectivity index (χ1v) is 3.52. The summed E-state index contributed by atoms with van der Waals surface area (Å²) >= 11 is 0. The lowest BCUT2D eigenvalue weighted by atomic mass is 10.1. The summed E-state index contributed by atoms with van der Waals surface area (Å²) in [5.74, 6) is 0.383. The lowest BCUT2D eigenvalue weighted by Gasteiger charge is -2.03. The molecule has 1 unspecified atom stereocenters. The van der Waals surface area contributed by atoms with Crippen molar-refractivity contribution in [1.29, 1.82) is 0 Å². The Bertz CT molecular complexity index is 209. The molecule has 0 radical (unpaired) electrons. The van der Waals surface area contributed by atoms with Gasteiger partial charge in [0.2, 0.25) is 0 Å². The van der Waals surface area contributed by atoms with Gasteiger partial charge in [-0.25, -0.2) is 0 Å². The van der Waals surface area contributed by atoms with E-state index in [-0.39, 0.29) is 0 Å². The topological polar surface area (TPSA) is 26.0 Å². The van der Waals surface area contributed by atoms with E-state index in [1.165, 1.54) is 5.57 Å². The molecule has 1 atom stereocenters. The summed E-state index contributed by atoms with van der Waals surface area (Å²) in [4.78, 5) is 0. The van der Waals surface area contributed by atoms with Crippen LogP contribution in [0.25, 0.3) is 0 Å². The molecule has 0 fully saturated rings. The molecular weight excluding hydrogens is 122 g/mol. The van der Waals surface area contributed by atoms with Crippen molar-refractivity contribution in [2.75, 3.05) is 0 Å². The second-order valence-corrected chi connectivity index (χ2v) is 2.73. The molecular formula is C9H13N. The minimum Gasteiger partial charge on any atom is -0.402 e. The smallest absolute Gasteiger partial charge is 0.0150 e. The third-order valence-corrected chi connectivity index (χ3v) is 1.68. The minimum atomic E-state index is 0.383. The van der Waals surface area contributed by atoms with Crippen molar-refractivity contribution in [3.05, 3.63) is 35.6 Å². The van der Waals surface area contributed by atoms with Crippen molar-refractivity contribution >= 4 is 0 Å². The first-order chi connectivity index (χ1) is 4.70. The monoisotopic (exact) mass is 135 g/mol. The second-order valence-electron chi connectivity index (χ2n) is 2.73. The highest BCUT2D eigenvalue weighted by Crippen LogP contribution is 2.12. The number of hydrogen-bond acceptors (Lipinski definition) is 1. The highest BCUT2D eigenvalue weighted by molar-refractivity contribution is 5.30. The maximum atomic E-state index is 5.74. The van der Waals surface area contributed by atoms with Crippen LogP contribution in [0.15, 0.2) is 35.6 Å². The van der Waals surface area contributed by atoms with Gasteiger partial charge in [-0.2, -0.15) is 0 Å². The van der Waals surface area contributed by atoms with Crippen LogP contribution in [-0.2, 0) is 0 Å². The number of rotatable bonds is 0. The molecule has 0 heterocycles. The first kappa shape index (κ1) is 7.13. The number of hydrogen-bond donors (Lipinski definition) is 1. The molecule has 10 heavy (non-hydrogen) atoms. The van der Waals surface area contributed by atoms with Gasteiger partial charge in [-0.15, -0.1) is 0 Å². The van der Waals surface area contributed by atoms with E-state index in [4.69, 9.17) is 5.73 Å². The summed E-state index contributed by atoms with van der Waals surface area (Å²) in [6.07, 6.45) is 8.24. The molecule has 0 saturated carbocycles. The summed E-state index contributed by atoms with van der Waals surface area (Å²) in [6.45, 7) is 4.14. The third kappa shape index (κ3) is 1.50. The van der Waals surface area contributed by atoms with Crippen molar-refractivity contribution in [3.63, 3.8) is 0 Å². The van der Waals surface area contributed by atoms with Crippen LogP contribution >= 0.6 is 0 Å². The zero-order valence-electron chi connectivity index (χ0n) is 6.46. The van der Waals surface area contributed by atoms with Crippen LogP contribution in [0.3, 0.4) is 0 Å². The van der Waals surface area contributed by atoms with Crippen LogP contribution in [0.5, 0.6) is 0 Å². The lowest BCUT2D eigenvalue weighted by molar-refractivity contribution is 0.848. The summed E-state index contributed by atoms with van der Waals surface area (Å²) in [7, 11) is 0. The van der Waals surface area contributed by atoms with E-state index in [2.05, 4.69) is 32.1 Å². The summed E-state index contributed by atoms with van der Waals surface area (Å²) < 4.78 is 0. The zero-order chi connectivity index (χ0) is 7.56. The Labute approximate surface area is 61.9 Å². The molecule has 0 saturated heterocycles. The van der Waals surface area contributed by atoms with Crippen LogP contribution in [0.4, 0.5) is 0 Å². The van der Waals surface area contributed by atoms with E-state index >= 15 is 0 Å². The van der Waals surface area contributed by atoms with Crippen molar-refractivity contribution in [3.8, 4) is 0 Å². The van der Waals surface area contributed by atoms with Gasteiger partial charge in [0.1, 0.15) is 0 Å². The Balaban J connectivity index is 2.90. The van der Waals surface area contributed by atoms with Gasteiger partial charge in [-0.3, -0.25) is 0 Å². The average molecular weight is 135 g/mol. The van der Waals surface area contributed by atoms with E-state index in [1.807, 2.05) is 6.08 Å². The van der Waals surface area contributed by atoms with Crippen molar-refractivity contribution < 1.29 is 0 Å². The maximum Gasteiger partial charge on any atom is 0.0150 e. The Morgan fingerprint density at radius 3 is 2.90 bits per heavy atom. The third-order valence-electron chi connectivity index (χ3n) is 1.68. The molecule has 1 aliphatic rings. The van der Waals surface area contributed by atoms with Gasteiger partial charge >= 0.3 is 0 Å². The quantitative estimate of drug-likeness (QED) is 0.540. The molecule has 0 amide bonds. The van der Waals surface area contributed by atoms with E-state index in [1.54, 1.807) is 0 Å². The van der Waals surface area contributed by atoms with Crippen molar-refractivity contribution in [2.24, 2.45) is 11.7 Å². The predicted octanol–water partition coefficient (Wildman–Crippen LogP) is 1.98. The van der Waals surface area contributed by atoms with Gasteiger partial charge < -0.3 is 5.73 Å². The van der Waals surface area contributed by atoms with E-state index in [0.29, 0.717) is 5.92 Å². The maximum absolute atomic E-state index is 5.74. The van der Waals surface area contributed by atoms with Crippen LogP contribution in [0, 0.1) is 5.92 Å². The molecule has 1 nitrogen and oxygen atoms in total. The molecule has 1 rings (SSSR count). The molecule has 0 bridgehead atoms. The van der Waals surface area contributed by atoms with Gasteiger partial charge in [0.05, 0.1) is 0 Å². The SMILES string of the molecule is CC1=CC=CC(C)C(N)=C1. The second kappa shape index (κ2) is 2.74. The van der Waals surface area contributed by atoms with Crippen molar-refractivity contribution in [1.82, 2.24) is 0 Å². The number of allylic oxidation sites excluding steroid dienone is 5. The Kier molecular flexibility index (Phi) is 1.95. The van der Waals surface area contributed by atoms with Gasteiger partial charge in [-0.05, 0) is 18.6 Å². The summed E-state index contributed by atoms with van der Waals surface area (Å²) in [5.41, 5.74) is 7.90. The van der Waals surface area contributed by atoms with Crippen LogP contribution in [0.1, 0.15) is 13.8 Å². The molecule has 2 N–H and O–H groups in total. The van der Waals surface area contributed by atoms with E-state index < -0.39 is 0 Å². The molecule has 0 spiro atoms. The van der Waals surface area contributed by atoms with Crippen LogP contribution in [-0.4, -0.2) is 0 Å². The molecule has 1 aliphatic carbocycles. The Morgan fingerprint density at radius 1 is 1.50 bits per heavy atom. The summed E-state index contributed by atoms with van der Waals surface area (Å²) in [5, 5.41) is 0. The lowest BCUT2D eigenvalue weighted by Crippen LogP contribution is -2.05. The Hall–Kier alpha value is -0.980. The summed E-state index contributed by atoms with van der Waals surface area (Å²) in [6, 6.07) is 0. The molecule has 54 valence electrons. The minimum absolute atomic E-state index is 0.383. The Morgan fingerprint density at radius 2 is 2.20 bits per heavy atom. The molecule has 0 aliphatic heterocycles. The van der Waals surface area contributed by atoms with E-state index in [9.17, 15) is 0 Å². The zero-order valence-corrected chi connectivity index (χ0v) is 6.46. The fourth-order valence-corrected chi connectivity index (χ4v) is 0.928. The average Bonchev–Trinajstić information content (AvgIpc) is 1.96. The highest BCUT2D eigenvalue weighted by Gasteiger charge is 2.01.